The van der Waals surface area contributed by atoms with Crippen molar-refractivity contribution in [3.63, 3.8) is 0 Å². The fraction of sp³-hybridized carbons (Fsp3) is 0.174. The smallest absolute Gasteiger partial charge is 0.153 e. The standard InChI is InChI=1S/C22H19O2P.CH4/c1-13-5-4-8-18-16(13)9-10-19(25)20(18)21-17-7-3-2-6-14(17)11-15(12-23)22(21)24;/h2-4,6-13,24H,5,25H2,1H3;1H4/t13-;/m1./s1. The van der Waals surface area contributed by atoms with E-state index in [-0.39, 0.29) is 13.2 Å². The molecule has 3 heteroatoms. The first-order valence-corrected chi connectivity index (χ1v) is 8.98. The number of hydrogen-bond acceptors (Lipinski definition) is 2. The minimum Gasteiger partial charge on any atom is -0.507 e. The normalized spacial score (nSPS) is 15.4. The zero-order valence-electron chi connectivity index (χ0n) is 14.0. The monoisotopic (exact) mass is 362 g/mol. The zero-order chi connectivity index (χ0) is 17.6. The van der Waals surface area contributed by atoms with Gasteiger partial charge in [0.05, 0.1) is 5.56 Å². The molecule has 0 aliphatic heterocycles. The number of rotatable bonds is 2. The quantitative estimate of drug-likeness (QED) is 0.470. The van der Waals surface area contributed by atoms with E-state index in [2.05, 4.69) is 40.4 Å². The van der Waals surface area contributed by atoms with E-state index in [1.165, 1.54) is 5.56 Å². The molecule has 26 heavy (non-hydrogen) atoms. The van der Waals surface area contributed by atoms with Crippen LogP contribution in [0.3, 0.4) is 0 Å². The Morgan fingerprint density at radius 1 is 1.15 bits per heavy atom. The molecule has 2 nitrogen and oxygen atoms in total. The predicted octanol–water partition coefficient (Wildman–Crippen LogP) is 5.68. The Morgan fingerprint density at radius 3 is 2.69 bits per heavy atom. The number of aromatic hydroxyl groups is 1. The van der Waals surface area contributed by atoms with Crippen LogP contribution in [0.15, 0.2) is 48.5 Å². The Kier molecular flexibility index (Phi) is 4.98. The highest BCUT2D eigenvalue weighted by molar-refractivity contribution is 7.28. The summed E-state index contributed by atoms with van der Waals surface area (Å²) >= 11 is 0. The molecular formula is C23H23O2P. The van der Waals surface area contributed by atoms with Gasteiger partial charge in [0.25, 0.3) is 0 Å². The zero-order valence-corrected chi connectivity index (χ0v) is 15.1. The first-order chi connectivity index (χ1) is 12.1. The molecule has 0 bridgehead atoms. The number of aldehydes is 1. The first-order valence-electron chi connectivity index (χ1n) is 8.41. The van der Waals surface area contributed by atoms with Gasteiger partial charge in [-0.25, -0.2) is 0 Å². The molecule has 0 radical (unpaired) electrons. The predicted molar refractivity (Wildman–Crippen MR) is 115 cm³/mol. The molecule has 0 spiro atoms. The molecule has 2 atom stereocenters. The highest BCUT2D eigenvalue weighted by atomic mass is 31.0. The van der Waals surface area contributed by atoms with Gasteiger partial charge in [0.2, 0.25) is 0 Å². The molecule has 0 fully saturated rings. The van der Waals surface area contributed by atoms with Gasteiger partial charge in [0.1, 0.15) is 5.75 Å². The van der Waals surface area contributed by atoms with Crippen LogP contribution in [0, 0.1) is 0 Å². The lowest BCUT2D eigenvalue weighted by Gasteiger charge is -2.23. The minimum atomic E-state index is 0. The van der Waals surface area contributed by atoms with Crippen molar-refractivity contribution in [1.82, 2.24) is 0 Å². The number of carbonyl (C=O) groups excluding carboxylic acids is 1. The fourth-order valence-corrected chi connectivity index (χ4v) is 4.16. The van der Waals surface area contributed by atoms with E-state index >= 15 is 0 Å². The summed E-state index contributed by atoms with van der Waals surface area (Å²) in [5.41, 5.74) is 4.46. The molecule has 3 aromatic rings. The summed E-state index contributed by atoms with van der Waals surface area (Å²) in [5.74, 6) is 0.490. The number of fused-ring (bicyclic) bond motifs is 2. The van der Waals surface area contributed by atoms with Crippen molar-refractivity contribution in [2.75, 3.05) is 0 Å². The molecule has 4 rings (SSSR count). The second-order valence-electron chi connectivity index (χ2n) is 6.60. The third-order valence-electron chi connectivity index (χ3n) is 5.04. The highest BCUT2D eigenvalue weighted by Gasteiger charge is 2.22. The lowest BCUT2D eigenvalue weighted by Crippen LogP contribution is -2.09. The van der Waals surface area contributed by atoms with Crippen molar-refractivity contribution < 1.29 is 9.90 Å². The van der Waals surface area contributed by atoms with Crippen LogP contribution < -0.4 is 5.30 Å². The van der Waals surface area contributed by atoms with E-state index in [1.54, 1.807) is 6.07 Å². The van der Waals surface area contributed by atoms with Crippen molar-refractivity contribution in [1.29, 1.82) is 0 Å². The molecule has 1 unspecified atom stereocenters. The third-order valence-corrected chi connectivity index (χ3v) is 5.53. The maximum Gasteiger partial charge on any atom is 0.153 e. The van der Waals surface area contributed by atoms with E-state index in [0.29, 0.717) is 11.5 Å². The number of phenols is 1. The molecule has 0 aromatic heterocycles. The molecule has 0 saturated heterocycles. The Hall–Kier alpha value is -2.44. The van der Waals surface area contributed by atoms with Crippen molar-refractivity contribution in [2.45, 2.75) is 26.7 Å². The van der Waals surface area contributed by atoms with Gasteiger partial charge in [0, 0.05) is 11.1 Å². The van der Waals surface area contributed by atoms with Crippen molar-refractivity contribution in [2.24, 2.45) is 0 Å². The molecule has 0 heterocycles. The molecule has 3 aromatic carbocycles. The van der Waals surface area contributed by atoms with E-state index < -0.39 is 0 Å². The Balaban J connectivity index is 0.00000196. The van der Waals surface area contributed by atoms with Crippen LogP contribution in [0.5, 0.6) is 5.75 Å². The van der Waals surface area contributed by atoms with Crippen LogP contribution in [0.4, 0.5) is 0 Å². The van der Waals surface area contributed by atoms with Gasteiger partial charge in [-0.15, -0.1) is 9.24 Å². The first kappa shape index (κ1) is 18.4. The molecule has 0 amide bonds. The summed E-state index contributed by atoms with van der Waals surface area (Å²) in [4.78, 5) is 11.5. The van der Waals surface area contributed by atoms with Crippen LogP contribution in [0.2, 0.25) is 0 Å². The Labute approximate surface area is 156 Å². The second-order valence-corrected chi connectivity index (χ2v) is 7.22. The largest absolute Gasteiger partial charge is 0.507 e. The molecular weight excluding hydrogens is 339 g/mol. The highest BCUT2D eigenvalue weighted by Crippen LogP contribution is 2.43. The van der Waals surface area contributed by atoms with Gasteiger partial charge in [-0.05, 0) is 45.6 Å². The van der Waals surface area contributed by atoms with E-state index in [4.69, 9.17) is 0 Å². The van der Waals surface area contributed by atoms with E-state index in [0.717, 1.165) is 45.5 Å². The van der Waals surface area contributed by atoms with E-state index in [9.17, 15) is 9.90 Å². The summed E-state index contributed by atoms with van der Waals surface area (Å²) in [6.45, 7) is 2.22. The third kappa shape index (κ3) is 2.75. The molecule has 1 aliphatic rings. The number of hydrogen-bond donors (Lipinski definition) is 1. The Morgan fingerprint density at radius 2 is 1.92 bits per heavy atom. The van der Waals surface area contributed by atoms with Gasteiger partial charge < -0.3 is 5.11 Å². The van der Waals surface area contributed by atoms with Crippen molar-refractivity contribution >= 4 is 37.7 Å². The number of benzene rings is 3. The van der Waals surface area contributed by atoms with Crippen LogP contribution in [-0.2, 0) is 0 Å². The van der Waals surface area contributed by atoms with Crippen LogP contribution in [-0.4, -0.2) is 11.4 Å². The summed E-state index contributed by atoms with van der Waals surface area (Å²) in [6.07, 6.45) is 6.06. The lowest BCUT2D eigenvalue weighted by molar-refractivity contribution is 0.112. The van der Waals surface area contributed by atoms with Crippen molar-refractivity contribution in [3.8, 4) is 16.9 Å². The summed E-state index contributed by atoms with van der Waals surface area (Å²) < 4.78 is 0. The average Bonchev–Trinajstić information content (AvgIpc) is 2.62. The van der Waals surface area contributed by atoms with E-state index in [1.807, 2.05) is 24.3 Å². The molecule has 1 aliphatic carbocycles. The number of allylic oxidation sites excluding steroid dienone is 1. The SMILES string of the molecule is C.C[C@@H]1CC=Cc2c1ccc(P)c2-c1c(O)c(C=O)cc2ccccc12. The summed E-state index contributed by atoms with van der Waals surface area (Å²) in [7, 11) is 2.77. The summed E-state index contributed by atoms with van der Waals surface area (Å²) in [5, 5.41) is 13.8. The maximum atomic E-state index is 11.5. The second kappa shape index (κ2) is 7.05. The topological polar surface area (TPSA) is 37.3 Å². The summed E-state index contributed by atoms with van der Waals surface area (Å²) in [6, 6.07) is 13.9. The Bertz CT molecular complexity index is 1030. The van der Waals surface area contributed by atoms with Crippen molar-refractivity contribution in [3.05, 3.63) is 65.2 Å². The van der Waals surface area contributed by atoms with Gasteiger partial charge in [-0.1, -0.05) is 62.9 Å². The molecule has 0 saturated carbocycles. The van der Waals surface area contributed by atoms with Crippen LogP contribution in [0.25, 0.3) is 28.0 Å². The molecule has 132 valence electrons. The number of carbonyl (C=O) groups is 1. The maximum absolute atomic E-state index is 11.5. The fourth-order valence-electron chi connectivity index (χ4n) is 3.76. The van der Waals surface area contributed by atoms with Gasteiger partial charge in [-0.3, -0.25) is 4.79 Å². The van der Waals surface area contributed by atoms with Gasteiger partial charge in [-0.2, -0.15) is 0 Å². The average molecular weight is 362 g/mol. The number of phenolic OH excluding ortho intramolecular Hbond substituents is 1. The van der Waals surface area contributed by atoms with Crippen LogP contribution >= 0.6 is 9.24 Å². The minimum absolute atomic E-state index is 0. The van der Waals surface area contributed by atoms with Crippen LogP contribution in [0.1, 0.15) is 48.2 Å². The van der Waals surface area contributed by atoms with Gasteiger partial charge in [0.15, 0.2) is 6.29 Å². The van der Waals surface area contributed by atoms with Gasteiger partial charge >= 0.3 is 0 Å². The molecule has 1 N–H and O–H groups in total. The lowest BCUT2D eigenvalue weighted by atomic mass is 9.82.